The van der Waals surface area contributed by atoms with Gasteiger partial charge in [-0.1, -0.05) is 25.4 Å². The Balaban J connectivity index is 2.98. The van der Waals surface area contributed by atoms with Crippen LogP contribution in [0.4, 0.5) is 0 Å². The van der Waals surface area contributed by atoms with E-state index >= 15 is 0 Å². The third-order valence-electron chi connectivity index (χ3n) is 1.63. The Morgan fingerprint density at radius 2 is 2.10 bits per heavy atom. The number of nitrogens with zero attached hydrogens (tertiary/aromatic N) is 1. The zero-order chi connectivity index (χ0) is 7.72. The molecule has 10 heavy (non-hydrogen) atoms. The molecule has 0 aliphatic rings. The van der Waals surface area contributed by atoms with E-state index in [1.54, 1.807) is 0 Å². The molecule has 0 fully saturated rings. The highest BCUT2D eigenvalue weighted by molar-refractivity contribution is 6.29. The summed E-state index contributed by atoms with van der Waals surface area (Å²) in [5.74, 6) is 0.568. The van der Waals surface area contributed by atoms with E-state index in [0.29, 0.717) is 5.92 Å². The van der Waals surface area contributed by atoms with Crippen molar-refractivity contribution in [3.63, 3.8) is 0 Å². The molecule has 1 aromatic rings. The van der Waals surface area contributed by atoms with Gasteiger partial charge in [-0.25, -0.2) is 0 Å². The van der Waals surface area contributed by atoms with Crippen molar-refractivity contribution >= 4 is 11.6 Å². The average Bonchev–Trinajstić information content (AvgIpc) is 2.13. The number of aryl methyl sites for hydroxylation is 1. The first-order chi connectivity index (χ1) is 4.61. The average molecular weight is 158 g/mol. The van der Waals surface area contributed by atoms with Crippen molar-refractivity contribution in [2.75, 3.05) is 0 Å². The van der Waals surface area contributed by atoms with Gasteiger partial charge >= 0.3 is 0 Å². The molecule has 1 aromatic heterocycles. The summed E-state index contributed by atoms with van der Waals surface area (Å²) >= 11 is 5.84. The predicted molar refractivity (Wildman–Crippen MR) is 44.5 cm³/mol. The molecule has 0 radical (unpaired) electrons. The van der Waals surface area contributed by atoms with Crippen LogP contribution in [0, 0.1) is 0 Å². The summed E-state index contributed by atoms with van der Waals surface area (Å²) < 4.78 is 1.93. The first-order valence-corrected chi connectivity index (χ1v) is 3.81. The molecule has 0 amide bonds. The fourth-order valence-corrected chi connectivity index (χ4v) is 1.05. The second-order valence-corrected chi connectivity index (χ2v) is 3.25. The second-order valence-electron chi connectivity index (χ2n) is 2.86. The van der Waals surface area contributed by atoms with Crippen molar-refractivity contribution < 1.29 is 0 Å². The summed E-state index contributed by atoms with van der Waals surface area (Å²) in [6.07, 6.45) is 2.06. The third kappa shape index (κ3) is 1.35. The number of rotatable bonds is 1. The molecule has 1 heterocycles. The van der Waals surface area contributed by atoms with Crippen molar-refractivity contribution in [1.82, 2.24) is 4.57 Å². The fraction of sp³-hybridized carbons (Fsp3) is 0.500. The summed E-state index contributed by atoms with van der Waals surface area (Å²) in [4.78, 5) is 0. The molecular weight excluding hydrogens is 146 g/mol. The number of hydrogen-bond acceptors (Lipinski definition) is 0. The maximum absolute atomic E-state index is 5.84. The summed E-state index contributed by atoms with van der Waals surface area (Å²) in [5.41, 5.74) is 1.30. The molecule has 0 saturated carbocycles. The van der Waals surface area contributed by atoms with Gasteiger partial charge in [0, 0.05) is 13.2 Å². The van der Waals surface area contributed by atoms with Crippen molar-refractivity contribution in [2.45, 2.75) is 19.8 Å². The van der Waals surface area contributed by atoms with Gasteiger partial charge in [0.15, 0.2) is 0 Å². The highest BCUT2D eigenvalue weighted by atomic mass is 35.5. The van der Waals surface area contributed by atoms with Crippen LogP contribution < -0.4 is 0 Å². The van der Waals surface area contributed by atoms with Crippen LogP contribution in [0.25, 0.3) is 0 Å². The number of hydrogen-bond donors (Lipinski definition) is 0. The van der Waals surface area contributed by atoms with E-state index in [2.05, 4.69) is 20.0 Å². The van der Waals surface area contributed by atoms with Crippen LogP contribution in [0.15, 0.2) is 12.3 Å². The molecule has 0 N–H and O–H groups in total. The lowest BCUT2D eigenvalue weighted by Gasteiger charge is -1.97. The van der Waals surface area contributed by atoms with E-state index in [0.717, 1.165) is 5.15 Å². The first-order valence-electron chi connectivity index (χ1n) is 3.43. The van der Waals surface area contributed by atoms with E-state index in [1.165, 1.54) is 5.56 Å². The van der Waals surface area contributed by atoms with Gasteiger partial charge in [0.1, 0.15) is 5.15 Å². The van der Waals surface area contributed by atoms with Gasteiger partial charge in [-0.3, -0.25) is 0 Å². The smallest absolute Gasteiger partial charge is 0.108 e. The Morgan fingerprint density at radius 3 is 2.30 bits per heavy atom. The van der Waals surface area contributed by atoms with Gasteiger partial charge in [0.2, 0.25) is 0 Å². The quantitative estimate of drug-likeness (QED) is 0.591. The molecule has 0 aliphatic heterocycles. The maximum Gasteiger partial charge on any atom is 0.108 e. The van der Waals surface area contributed by atoms with E-state index < -0.39 is 0 Å². The summed E-state index contributed by atoms with van der Waals surface area (Å²) in [6, 6.07) is 2.01. The predicted octanol–water partition coefficient (Wildman–Crippen LogP) is 2.80. The molecule has 1 nitrogen and oxygen atoms in total. The van der Waals surface area contributed by atoms with Crippen molar-refractivity contribution in [1.29, 1.82) is 0 Å². The first kappa shape index (κ1) is 7.67. The molecule has 0 aliphatic carbocycles. The highest BCUT2D eigenvalue weighted by Crippen LogP contribution is 2.19. The Labute approximate surface area is 66.6 Å². The highest BCUT2D eigenvalue weighted by Gasteiger charge is 2.02. The van der Waals surface area contributed by atoms with Gasteiger partial charge < -0.3 is 4.57 Å². The summed E-state index contributed by atoms with van der Waals surface area (Å²) in [5, 5.41) is 0.809. The summed E-state index contributed by atoms with van der Waals surface area (Å²) in [7, 11) is 1.95. The molecule has 1 rings (SSSR count). The van der Waals surface area contributed by atoms with Crippen molar-refractivity contribution in [3.8, 4) is 0 Å². The lowest BCUT2D eigenvalue weighted by Crippen LogP contribution is -1.84. The van der Waals surface area contributed by atoms with Gasteiger partial charge in [0.25, 0.3) is 0 Å². The minimum Gasteiger partial charge on any atom is -0.342 e. The number of halogens is 1. The van der Waals surface area contributed by atoms with Gasteiger partial charge in [-0.2, -0.15) is 0 Å². The Bertz CT molecular complexity index is 206. The molecule has 0 atom stereocenters. The van der Waals surface area contributed by atoms with Crippen LogP contribution in [-0.2, 0) is 7.05 Å². The van der Waals surface area contributed by atoms with Crippen LogP contribution in [0.3, 0.4) is 0 Å². The molecule has 0 unspecified atom stereocenters. The van der Waals surface area contributed by atoms with Crippen LogP contribution in [0.5, 0.6) is 0 Å². The second kappa shape index (κ2) is 2.67. The Kier molecular flexibility index (Phi) is 2.05. The topological polar surface area (TPSA) is 4.93 Å². The van der Waals surface area contributed by atoms with Gasteiger partial charge in [-0.15, -0.1) is 0 Å². The molecule has 56 valence electrons. The Morgan fingerprint density at radius 1 is 1.50 bits per heavy atom. The molecule has 0 bridgehead atoms. The minimum absolute atomic E-state index is 0.568. The van der Waals surface area contributed by atoms with Crippen LogP contribution >= 0.6 is 11.6 Å². The number of aromatic nitrogens is 1. The lowest BCUT2D eigenvalue weighted by atomic mass is 10.1. The monoisotopic (exact) mass is 157 g/mol. The van der Waals surface area contributed by atoms with E-state index in [9.17, 15) is 0 Å². The molecular formula is C8H12ClN. The molecule has 0 aromatic carbocycles. The van der Waals surface area contributed by atoms with Crippen LogP contribution in [0.2, 0.25) is 5.15 Å². The molecule has 0 saturated heterocycles. The lowest BCUT2D eigenvalue weighted by molar-refractivity contribution is 0.849. The molecule has 2 heteroatoms. The van der Waals surface area contributed by atoms with E-state index in [-0.39, 0.29) is 0 Å². The van der Waals surface area contributed by atoms with Gasteiger partial charge in [-0.05, 0) is 17.5 Å². The largest absolute Gasteiger partial charge is 0.342 e. The fourth-order valence-electron chi connectivity index (χ4n) is 0.878. The van der Waals surface area contributed by atoms with E-state index in [1.807, 2.05) is 17.7 Å². The SMILES string of the molecule is CC(C)c1cc(Cl)n(C)c1. The zero-order valence-corrected chi connectivity index (χ0v) is 7.31. The Hall–Kier alpha value is -0.430. The summed E-state index contributed by atoms with van der Waals surface area (Å²) in [6.45, 7) is 4.32. The van der Waals surface area contributed by atoms with Crippen molar-refractivity contribution in [3.05, 3.63) is 23.0 Å². The van der Waals surface area contributed by atoms with Crippen LogP contribution in [0.1, 0.15) is 25.3 Å². The third-order valence-corrected chi connectivity index (χ3v) is 2.01. The normalized spacial score (nSPS) is 10.9. The minimum atomic E-state index is 0.568. The van der Waals surface area contributed by atoms with Gasteiger partial charge in [0.05, 0.1) is 0 Å². The maximum atomic E-state index is 5.84. The van der Waals surface area contributed by atoms with Crippen LogP contribution in [-0.4, -0.2) is 4.57 Å². The van der Waals surface area contributed by atoms with E-state index in [4.69, 9.17) is 11.6 Å². The van der Waals surface area contributed by atoms with Crippen molar-refractivity contribution in [2.24, 2.45) is 7.05 Å². The zero-order valence-electron chi connectivity index (χ0n) is 6.56. The standard InChI is InChI=1S/C8H12ClN/c1-6(2)7-4-8(9)10(3)5-7/h4-6H,1-3H3. The molecule has 0 spiro atoms.